The number of hydrogen-bond donors (Lipinski definition) is 1. The van der Waals surface area contributed by atoms with E-state index in [0.717, 1.165) is 16.6 Å². The molecule has 0 saturated heterocycles. The van der Waals surface area contributed by atoms with Gasteiger partial charge in [-0.15, -0.1) is 5.10 Å². The Balaban J connectivity index is 1.98. The van der Waals surface area contributed by atoms with Crippen LogP contribution in [0.2, 0.25) is 0 Å². The standard InChI is InChI=1S/C14H13FN4O/c1-8-5-11(16)10(15)7-14(8)20-9-3-4-13-12(6-9)17-18-19(13)2/h3-7H,16H2,1-2H3. The Bertz CT molecular complexity index is 797. The molecule has 1 heterocycles. The molecule has 3 aromatic rings. The average molecular weight is 272 g/mol. The van der Waals surface area contributed by atoms with Gasteiger partial charge >= 0.3 is 0 Å². The first-order chi connectivity index (χ1) is 9.54. The van der Waals surface area contributed by atoms with Gasteiger partial charge in [-0.3, -0.25) is 0 Å². The van der Waals surface area contributed by atoms with E-state index >= 15 is 0 Å². The van der Waals surface area contributed by atoms with Gasteiger partial charge in [0, 0.05) is 19.2 Å². The number of hydrogen-bond acceptors (Lipinski definition) is 4. The minimum Gasteiger partial charge on any atom is -0.457 e. The van der Waals surface area contributed by atoms with Crippen molar-refractivity contribution in [1.82, 2.24) is 15.0 Å². The number of nitrogens with zero attached hydrogens (tertiary/aromatic N) is 3. The maximum Gasteiger partial charge on any atom is 0.149 e. The van der Waals surface area contributed by atoms with Crippen LogP contribution in [0.15, 0.2) is 30.3 Å². The minimum atomic E-state index is -0.494. The smallest absolute Gasteiger partial charge is 0.149 e. The van der Waals surface area contributed by atoms with E-state index in [2.05, 4.69) is 10.3 Å². The Morgan fingerprint density at radius 1 is 1.25 bits per heavy atom. The highest BCUT2D eigenvalue weighted by Crippen LogP contribution is 2.29. The number of rotatable bonds is 2. The summed E-state index contributed by atoms with van der Waals surface area (Å²) in [5, 5.41) is 7.94. The number of nitrogens with two attached hydrogens (primary N) is 1. The topological polar surface area (TPSA) is 66.0 Å². The zero-order chi connectivity index (χ0) is 14.3. The maximum atomic E-state index is 13.5. The van der Waals surface area contributed by atoms with Crippen LogP contribution in [0.5, 0.6) is 11.5 Å². The van der Waals surface area contributed by atoms with Crippen LogP contribution in [-0.4, -0.2) is 15.0 Å². The average Bonchev–Trinajstić information content (AvgIpc) is 2.77. The van der Waals surface area contributed by atoms with Crippen molar-refractivity contribution >= 4 is 16.7 Å². The van der Waals surface area contributed by atoms with Crippen LogP contribution >= 0.6 is 0 Å². The maximum absolute atomic E-state index is 13.5. The van der Waals surface area contributed by atoms with E-state index in [9.17, 15) is 4.39 Å². The van der Waals surface area contributed by atoms with Gasteiger partial charge in [-0.05, 0) is 30.7 Å². The molecule has 6 heteroatoms. The molecule has 0 fully saturated rings. The quantitative estimate of drug-likeness (QED) is 0.728. The van der Waals surface area contributed by atoms with Crippen molar-refractivity contribution in [2.75, 3.05) is 5.73 Å². The predicted molar refractivity (Wildman–Crippen MR) is 74.1 cm³/mol. The first-order valence-electron chi connectivity index (χ1n) is 6.07. The van der Waals surface area contributed by atoms with Crippen molar-refractivity contribution in [3.63, 3.8) is 0 Å². The molecule has 0 aliphatic heterocycles. The molecule has 2 aromatic carbocycles. The summed E-state index contributed by atoms with van der Waals surface area (Å²) in [4.78, 5) is 0. The number of halogens is 1. The van der Waals surface area contributed by atoms with Crippen molar-refractivity contribution in [2.45, 2.75) is 6.92 Å². The second-order valence-electron chi connectivity index (χ2n) is 4.60. The fourth-order valence-corrected chi connectivity index (χ4v) is 2.01. The molecule has 0 aliphatic carbocycles. The molecule has 0 amide bonds. The van der Waals surface area contributed by atoms with Crippen LogP contribution in [0, 0.1) is 12.7 Å². The number of anilines is 1. The van der Waals surface area contributed by atoms with Gasteiger partial charge in [0.25, 0.3) is 0 Å². The largest absolute Gasteiger partial charge is 0.457 e. The Morgan fingerprint density at radius 3 is 2.85 bits per heavy atom. The zero-order valence-corrected chi connectivity index (χ0v) is 11.1. The third-order valence-electron chi connectivity index (χ3n) is 3.10. The molecular formula is C14H13FN4O. The molecule has 102 valence electrons. The Hall–Kier alpha value is -2.63. The SMILES string of the molecule is Cc1cc(N)c(F)cc1Oc1ccc2c(c1)nnn2C. The molecular weight excluding hydrogens is 259 g/mol. The molecule has 0 aliphatic rings. The summed E-state index contributed by atoms with van der Waals surface area (Å²) >= 11 is 0. The summed E-state index contributed by atoms with van der Waals surface area (Å²) in [6, 6.07) is 8.24. The summed E-state index contributed by atoms with van der Waals surface area (Å²) in [5.74, 6) is 0.511. The minimum absolute atomic E-state index is 0.110. The Morgan fingerprint density at radius 2 is 2.05 bits per heavy atom. The molecule has 3 rings (SSSR count). The normalized spacial score (nSPS) is 10.9. The van der Waals surface area contributed by atoms with E-state index in [1.54, 1.807) is 22.9 Å². The van der Waals surface area contributed by atoms with E-state index in [4.69, 9.17) is 10.5 Å². The van der Waals surface area contributed by atoms with E-state index in [0.29, 0.717) is 11.5 Å². The van der Waals surface area contributed by atoms with Crippen molar-refractivity contribution in [2.24, 2.45) is 7.05 Å². The van der Waals surface area contributed by atoms with Crippen LogP contribution < -0.4 is 10.5 Å². The number of aryl methyl sites for hydroxylation is 2. The number of nitrogen functional groups attached to an aromatic ring is 1. The lowest BCUT2D eigenvalue weighted by Crippen LogP contribution is -1.95. The second-order valence-corrected chi connectivity index (χ2v) is 4.60. The van der Waals surface area contributed by atoms with E-state index < -0.39 is 5.82 Å². The molecule has 0 radical (unpaired) electrons. The van der Waals surface area contributed by atoms with Gasteiger partial charge in [-0.25, -0.2) is 9.07 Å². The monoisotopic (exact) mass is 272 g/mol. The fraction of sp³-hybridized carbons (Fsp3) is 0.143. The van der Waals surface area contributed by atoms with Gasteiger partial charge < -0.3 is 10.5 Å². The third-order valence-corrected chi connectivity index (χ3v) is 3.10. The van der Waals surface area contributed by atoms with Crippen molar-refractivity contribution in [3.05, 3.63) is 41.7 Å². The van der Waals surface area contributed by atoms with Gasteiger partial charge in [0.05, 0.1) is 11.2 Å². The zero-order valence-electron chi connectivity index (χ0n) is 11.1. The summed E-state index contributed by atoms with van der Waals surface area (Å²) in [5.41, 5.74) is 8.01. The second kappa shape index (κ2) is 4.48. The lowest BCUT2D eigenvalue weighted by Gasteiger charge is -2.10. The number of aromatic nitrogens is 3. The number of fused-ring (bicyclic) bond motifs is 1. The Kier molecular flexibility index (Phi) is 2.78. The van der Waals surface area contributed by atoms with Gasteiger partial charge in [0.2, 0.25) is 0 Å². The summed E-state index contributed by atoms with van der Waals surface area (Å²) in [7, 11) is 1.81. The van der Waals surface area contributed by atoms with Gasteiger partial charge in [-0.2, -0.15) is 0 Å². The number of benzene rings is 2. The van der Waals surface area contributed by atoms with Crippen molar-refractivity contribution in [3.8, 4) is 11.5 Å². The fourth-order valence-electron chi connectivity index (χ4n) is 2.01. The molecule has 0 unspecified atom stereocenters. The summed E-state index contributed by atoms with van der Waals surface area (Å²) < 4.78 is 20.9. The van der Waals surface area contributed by atoms with Crippen LogP contribution in [0.4, 0.5) is 10.1 Å². The summed E-state index contributed by atoms with van der Waals surface area (Å²) in [6.07, 6.45) is 0. The lowest BCUT2D eigenvalue weighted by molar-refractivity contribution is 0.474. The van der Waals surface area contributed by atoms with Gasteiger partial charge in [0.15, 0.2) is 0 Å². The molecule has 20 heavy (non-hydrogen) atoms. The highest BCUT2D eigenvalue weighted by Gasteiger charge is 2.09. The van der Waals surface area contributed by atoms with Crippen LogP contribution in [0.3, 0.4) is 0 Å². The van der Waals surface area contributed by atoms with Gasteiger partial charge in [0.1, 0.15) is 22.8 Å². The van der Waals surface area contributed by atoms with Crippen molar-refractivity contribution in [1.29, 1.82) is 0 Å². The molecule has 2 N–H and O–H groups in total. The molecule has 1 aromatic heterocycles. The first-order valence-corrected chi connectivity index (χ1v) is 6.07. The number of ether oxygens (including phenoxy) is 1. The van der Waals surface area contributed by atoms with Crippen molar-refractivity contribution < 1.29 is 9.13 Å². The highest BCUT2D eigenvalue weighted by atomic mass is 19.1. The van der Waals surface area contributed by atoms with Crippen LogP contribution in [0.1, 0.15) is 5.56 Å². The van der Waals surface area contributed by atoms with E-state index in [1.807, 2.05) is 20.0 Å². The molecule has 0 bridgehead atoms. The third kappa shape index (κ3) is 2.05. The van der Waals surface area contributed by atoms with E-state index in [-0.39, 0.29) is 5.69 Å². The molecule has 0 saturated carbocycles. The molecule has 0 atom stereocenters. The highest BCUT2D eigenvalue weighted by molar-refractivity contribution is 5.76. The van der Waals surface area contributed by atoms with Gasteiger partial charge in [-0.1, -0.05) is 5.21 Å². The molecule has 0 spiro atoms. The summed E-state index contributed by atoms with van der Waals surface area (Å²) in [6.45, 7) is 1.81. The Labute approximate surface area is 114 Å². The van der Waals surface area contributed by atoms with Crippen LogP contribution in [-0.2, 0) is 7.05 Å². The van der Waals surface area contributed by atoms with Crippen LogP contribution in [0.25, 0.3) is 11.0 Å². The predicted octanol–water partition coefficient (Wildman–Crippen LogP) is 2.79. The first kappa shape index (κ1) is 12.4. The molecule has 5 nitrogen and oxygen atoms in total. The van der Waals surface area contributed by atoms with E-state index in [1.165, 1.54) is 6.07 Å². The lowest BCUT2D eigenvalue weighted by atomic mass is 10.2.